The first-order valence-electron chi connectivity index (χ1n) is 6.59. The van der Waals surface area contributed by atoms with Crippen LogP contribution in [0.3, 0.4) is 0 Å². The summed E-state index contributed by atoms with van der Waals surface area (Å²) in [4.78, 5) is 3.08. The Balaban J connectivity index is 2.39. The van der Waals surface area contributed by atoms with Crippen LogP contribution in [0.2, 0.25) is 0 Å². The molecule has 0 saturated carbocycles. The van der Waals surface area contributed by atoms with Crippen molar-refractivity contribution < 1.29 is 12.8 Å². The summed E-state index contributed by atoms with van der Waals surface area (Å²) in [5.74, 6) is -0.467. The minimum Gasteiger partial charge on any atom is -0.363 e. The van der Waals surface area contributed by atoms with Crippen molar-refractivity contribution >= 4 is 15.7 Å². The third-order valence-corrected chi connectivity index (χ3v) is 4.94. The van der Waals surface area contributed by atoms with Gasteiger partial charge in [-0.3, -0.25) is 4.31 Å². The van der Waals surface area contributed by atoms with Crippen LogP contribution in [0.15, 0.2) is 41.4 Å². The Morgan fingerprint density at radius 3 is 2.71 bits per heavy atom. The number of sulfonamides is 1. The average molecular weight is 311 g/mol. The predicted octanol–water partition coefficient (Wildman–Crippen LogP) is 2.09. The second-order valence-corrected chi connectivity index (χ2v) is 6.40. The van der Waals surface area contributed by atoms with Gasteiger partial charge in [0, 0.05) is 25.0 Å². The largest absolute Gasteiger partial charge is 0.363 e. The van der Waals surface area contributed by atoms with E-state index < -0.39 is 15.8 Å². The standard InChI is InChI=1S/C14H18FN3O2S/c1-3-18(13-6-4-5-11(15)7-13)21(19,20)14-8-12(9-16-2)17-10-14/h4-8,10,16-17H,3,9H2,1-2H3. The molecule has 1 aromatic heterocycles. The summed E-state index contributed by atoms with van der Waals surface area (Å²) in [7, 11) is -1.93. The van der Waals surface area contributed by atoms with Crippen molar-refractivity contribution in [1.29, 1.82) is 0 Å². The summed E-state index contributed by atoms with van der Waals surface area (Å²) in [5, 5.41) is 2.94. The molecule has 0 spiro atoms. The monoisotopic (exact) mass is 311 g/mol. The summed E-state index contributed by atoms with van der Waals surface area (Å²) < 4.78 is 39.8. The van der Waals surface area contributed by atoms with E-state index >= 15 is 0 Å². The van der Waals surface area contributed by atoms with Crippen molar-refractivity contribution in [3.05, 3.63) is 48.0 Å². The fourth-order valence-corrected chi connectivity index (χ4v) is 3.59. The van der Waals surface area contributed by atoms with E-state index in [0.717, 1.165) is 5.69 Å². The van der Waals surface area contributed by atoms with E-state index in [2.05, 4.69) is 10.3 Å². The first kappa shape index (κ1) is 15.5. The number of halogens is 1. The van der Waals surface area contributed by atoms with Gasteiger partial charge >= 0.3 is 0 Å². The summed E-state index contributed by atoms with van der Waals surface area (Å²) >= 11 is 0. The van der Waals surface area contributed by atoms with Crippen LogP contribution in [-0.2, 0) is 16.6 Å². The number of rotatable bonds is 6. The van der Waals surface area contributed by atoms with Crippen LogP contribution < -0.4 is 9.62 Å². The zero-order valence-corrected chi connectivity index (χ0v) is 12.7. The average Bonchev–Trinajstić information content (AvgIpc) is 2.89. The number of hydrogen-bond acceptors (Lipinski definition) is 3. The Hall–Kier alpha value is -1.86. The number of anilines is 1. The van der Waals surface area contributed by atoms with E-state index in [9.17, 15) is 12.8 Å². The molecule has 0 saturated heterocycles. The highest BCUT2D eigenvalue weighted by molar-refractivity contribution is 7.92. The molecule has 0 radical (unpaired) electrons. The van der Waals surface area contributed by atoms with Gasteiger partial charge in [-0.15, -0.1) is 0 Å². The molecule has 1 aromatic carbocycles. The van der Waals surface area contributed by atoms with Gasteiger partial charge in [0.15, 0.2) is 0 Å². The fourth-order valence-electron chi connectivity index (χ4n) is 2.11. The topological polar surface area (TPSA) is 65.2 Å². The smallest absolute Gasteiger partial charge is 0.265 e. The molecule has 0 aliphatic heterocycles. The third-order valence-electron chi connectivity index (χ3n) is 3.05. The minimum absolute atomic E-state index is 0.166. The number of nitrogens with zero attached hydrogens (tertiary/aromatic N) is 1. The lowest BCUT2D eigenvalue weighted by molar-refractivity contribution is 0.591. The molecule has 7 heteroatoms. The van der Waals surface area contributed by atoms with E-state index in [1.54, 1.807) is 26.1 Å². The van der Waals surface area contributed by atoms with Crippen LogP contribution in [0.4, 0.5) is 10.1 Å². The molecule has 2 N–H and O–H groups in total. The number of benzene rings is 1. The molecular formula is C14H18FN3O2S. The molecule has 0 aliphatic rings. The van der Waals surface area contributed by atoms with E-state index in [1.165, 1.54) is 28.7 Å². The highest BCUT2D eigenvalue weighted by Crippen LogP contribution is 2.24. The second-order valence-electron chi connectivity index (χ2n) is 4.54. The molecule has 2 rings (SSSR count). The number of H-pyrrole nitrogens is 1. The van der Waals surface area contributed by atoms with E-state index in [-0.39, 0.29) is 11.4 Å². The predicted molar refractivity (Wildman–Crippen MR) is 80.2 cm³/mol. The van der Waals surface area contributed by atoms with Crippen LogP contribution >= 0.6 is 0 Å². The van der Waals surface area contributed by atoms with Gasteiger partial charge in [0.05, 0.1) is 5.69 Å². The highest BCUT2D eigenvalue weighted by Gasteiger charge is 2.25. The molecule has 0 bridgehead atoms. The van der Waals surface area contributed by atoms with Gasteiger partial charge in [0.2, 0.25) is 0 Å². The van der Waals surface area contributed by atoms with Crippen molar-refractivity contribution in [2.75, 3.05) is 17.9 Å². The van der Waals surface area contributed by atoms with E-state index in [4.69, 9.17) is 0 Å². The molecule has 0 atom stereocenters. The van der Waals surface area contributed by atoms with Gasteiger partial charge in [-0.05, 0) is 38.2 Å². The van der Waals surface area contributed by atoms with Crippen LogP contribution in [0.1, 0.15) is 12.6 Å². The molecule has 0 amide bonds. The Labute approximate surface area is 123 Å². The lowest BCUT2D eigenvalue weighted by Crippen LogP contribution is -2.30. The number of hydrogen-bond donors (Lipinski definition) is 2. The molecule has 21 heavy (non-hydrogen) atoms. The van der Waals surface area contributed by atoms with Crippen molar-refractivity contribution in [3.8, 4) is 0 Å². The van der Waals surface area contributed by atoms with Gasteiger partial charge in [-0.2, -0.15) is 0 Å². The maximum Gasteiger partial charge on any atom is 0.265 e. The van der Waals surface area contributed by atoms with Crippen LogP contribution in [0.5, 0.6) is 0 Å². The molecule has 0 aliphatic carbocycles. The van der Waals surface area contributed by atoms with Gasteiger partial charge < -0.3 is 10.3 Å². The highest BCUT2D eigenvalue weighted by atomic mass is 32.2. The van der Waals surface area contributed by atoms with Gasteiger partial charge in [-0.1, -0.05) is 6.07 Å². The minimum atomic E-state index is -3.71. The maximum absolute atomic E-state index is 13.3. The zero-order valence-electron chi connectivity index (χ0n) is 11.9. The van der Waals surface area contributed by atoms with E-state index in [0.29, 0.717) is 12.2 Å². The van der Waals surface area contributed by atoms with Crippen molar-refractivity contribution in [3.63, 3.8) is 0 Å². The van der Waals surface area contributed by atoms with Crippen LogP contribution in [-0.4, -0.2) is 27.0 Å². The number of aromatic amines is 1. The first-order chi connectivity index (χ1) is 9.98. The first-order valence-corrected chi connectivity index (χ1v) is 8.03. The molecule has 1 heterocycles. The van der Waals surface area contributed by atoms with Crippen molar-refractivity contribution in [1.82, 2.24) is 10.3 Å². The van der Waals surface area contributed by atoms with Crippen molar-refractivity contribution in [2.45, 2.75) is 18.4 Å². The Morgan fingerprint density at radius 1 is 1.33 bits per heavy atom. The summed E-state index contributed by atoms with van der Waals surface area (Å²) in [6.07, 6.45) is 1.45. The van der Waals surface area contributed by atoms with Crippen molar-refractivity contribution in [2.24, 2.45) is 0 Å². The van der Waals surface area contributed by atoms with Gasteiger partial charge in [-0.25, -0.2) is 12.8 Å². The third kappa shape index (κ3) is 3.25. The lowest BCUT2D eigenvalue weighted by atomic mass is 10.3. The van der Waals surface area contributed by atoms with Gasteiger partial charge in [0.1, 0.15) is 10.7 Å². The summed E-state index contributed by atoms with van der Waals surface area (Å²) in [5.41, 5.74) is 1.08. The Bertz CT molecular complexity index is 713. The Kier molecular flexibility index (Phi) is 4.64. The quantitative estimate of drug-likeness (QED) is 0.858. The molecular weight excluding hydrogens is 293 g/mol. The molecule has 5 nitrogen and oxygen atoms in total. The molecule has 0 unspecified atom stereocenters. The van der Waals surface area contributed by atoms with Gasteiger partial charge in [0.25, 0.3) is 10.0 Å². The normalized spacial score (nSPS) is 11.6. The second kappa shape index (κ2) is 6.28. The number of nitrogens with one attached hydrogen (secondary N) is 2. The summed E-state index contributed by atoms with van der Waals surface area (Å²) in [6, 6.07) is 7.14. The maximum atomic E-state index is 13.3. The zero-order chi connectivity index (χ0) is 15.5. The van der Waals surface area contributed by atoms with Crippen LogP contribution in [0, 0.1) is 5.82 Å². The Morgan fingerprint density at radius 2 is 2.10 bits per heavy atom. The number of aromatic nitrogens is 1. The molecule has 114 valence electrons. The SMILES string of the molecule is CCN(c1cccc(F)c1)S(=O)(=O)c1c[nH]c(CNC)c1. The summed E-state index contributed by atoms with van der Waals surface area (Å²) in [6.45, 7) is 2.48. The molecule has 2 aromatic rings. The fraction of sp³-hybridized carbons (Fsp3) is 0.286. The van der Waals surface area contributed by atoms with E-state index in [1.807, 2.05) is 0 Å². The molecule has 0 fully saturated rings. The van der Waals surface area contributed by atoms with Crippen LogP contribution in [0.25, 0.3) is 0 Å². The lowest BCUT2D eigenvalue weighted by Gasteiger charge is -2.22.